The van der Waals surface area contributed by atoms with Crippen LogP contribution in [0.5, 0.6) is 0 Å². The van der Waals surface area contributed by atoms with Gasteiger partial charge in [-0.3, -0.25) is 4.79 Å². The zero-order valence-electron chi connectivity index (χ0n) is 12.5. The van der Waals surface area contributed by atoms with Crippen LogP contribution in [0.25, 0.3) is 0 Å². The lowest BCUT2D eigenvalue weighted by molar-refractivity contribution is -0.141. The average Bonchev–Trinajstić information content (AvgIpc) is 2.79. The van der Waals surface area contributed by atoms with Crippen molar-refractivity contribution in [2.24, 2.45) is 0 Å². The van der Waals surface area contributed by atoms with E-state index >= 15 is 0 Å². The van der Waals surface area contributed by atoms with Crippen LogP contribution in [0.4, 0.5) is 0 Å². The molecule has 2 N–H and O–H groups in total. The number of carboxylic acid groups (broad SMARTS) is 1. The Balaban J connectivity index is 2.39. The van der Waals surface area contributed by atoms with Crippen molar-refractivity contribution in [2.75, 3.05) is 6.54 Å². The summed E-state index contributed by atoms with van der Waals surface area (Å²) in [5.74, 6) is -1.40. The second-order valence-corrected chi connectivity index (χ2v) is 6.50. The molecule has 1 fully saturated rings. The summed E-state index contributed by atoms with van der Waals surface area (Å²) < 4.78 is 0. The molecule has 1 aliphatic rings. The summed E-state index contributed by atoms with van der Waals surface area (Å²) in [5.41, 5.74) is 1.16. The molecule has 5 nitrogen and oxygen atoms in total. The minimum Gasteiger partial charge on any atom is -0.480 e. The minimum absolute atomic E-state index is 0.0638. The first-order chi connectivity index (χ1) is 9.71. The fraction of sp³-hybridized carbons (Fsp3) is 0.500. The molecule has 1 amide bonds. The molecule has 1 aliphatic heterocycles. The van der Waals surface area contributed by atoms with Crippen LogP contribution >= 0.6 is 0 Å². The van der Waals surface area contributed by atoms with Crippen LogP contribution in [0, 0.1) is 0 Å². The maximum absolute atomic E-state index is 12.7. The summed E-state index contributed by atoms with van der Waals surface area (Å²) >= 11 is 0. The number of nitrogens with zero attached hydrogens (tertiary/aromatic N) is 1. The molecule has 0 spiro atoms. The van der Waals surface area contributed by atoms with Crippen molar-refractivity contribution in [2.45, 2.75) is 44.8 Å². The van der Waals surface area contributed by atoms with Crippen LogP contribution < -0.4 is 0 Å². The molecular formula is C16H21NO4. The maximum Gasteiger partial charge on any atom is 0.326 e. The van der Waals surface area contributed by atoms with Gasteiger partial charge in [0.15, 0.2) is 0 Å². The molecule has 1 aromatic rings. The fourth-order valence-corrected chi connectivity index (χ4v) is 2.75. The van der Waals surface area contributed by atoms with Crippen molar-refractivity contribution >= 4 is 11.9 Å². The molecular weight excluding hydrogens is 270 g/mol. The quantitative estimate of drug-likeness (QED) is 0.868. The number of hydrogen-bond donors (Lipinski definition) is 2. The Kier molecular flexibility index (Phi) is 4.05. The molecule has 1 unspecified atom stereocenters. The Morgan fingerprint density at radius 2 is 1.86 bits per heavy atom. The molecule has 21 heavy (non-hydrogen) atoms. The van der Waals surface area contributed by atoms with Crippen LogP contribution in [0.3, 0.4) is 0 Å². The number of aliphatic hydroxyl groups excluding tert-OH is 1. The number of carboxylic acids is 1. The molecule has 0 aromatic heterocycles. The summed E-state index contributed by atoms with van der Waals surface area (Å²) in [6.07, 6.45) is -0.699. The Morgan fingerprint density at radius 3 is 2.43 bits per heavy atom. The second kappa shape index (κ2) is 5.48. The van der Waals surface area contributed by atoms with E-state index in [1.807, 2.05) is 32.9 Å². The number of carbonyl (C=O) groups excluding carboxylic acids is 1. The van der Waals surface area contributed by atoms with E-state index in [4.69, 9.17) is 0 Å². The number of hydrogen-bond acceptors (Lipinski definition) is 3. The SMILES string of the molecule is CC(C)(C)c1ccccc1C(=O)N1CC(O)C[C@H]1C(=O)O. The van der Waals surface area contributed by atoms with Crippen LogP contribution in [0.1, 0.15) is 43.1 Å². The molecule has 2 rings (SSSR count). The molecule has 0 bridgehead atoms. The number of likely N-dealkylation sites (tertiary alicyclic amines) is 1. The molecule has 5 heteroatoms. The standard InChI is InChI=1S/C16H21NO4/c1-16(2,3)12-7-5-4-6-11(12)14(19)17-9-10(18)8-13(17)15(20)21/h4-7,10,13,18H,8-9H2,1-3H3,(H,20,21)/t10?,13-/m0/s1. The van der Waals surface area contributed by atoms with Gasteiger partial charge in [0, 0.05) is 18.5 Å². The number of β-amino-alcohol motifs (C(OH)–C–C–N with tert-alkyl or cyclic N) is 1. The number of benzene rings is 1. The van der Waals surface area contributed by atoms with Gasteiger partial charge in [-0.05, 0) is 17.0 Å². The van der Waals surface area contributed by atoms with Crippen LogP contribution in [0.2, 0.25) is 0 Å². The van der Waals surface area contributed by atoms with Crippen LogP contribution in [0.15, 0.2) is 24.3 Å². The molecule has 2 atom stereocenters. The number of aliphatic hydroxyl groups is 1. The summed E-state index contributed by atoms with van der Waals surface area (Å²) in [7, 11) is 0. The number of aliphatic carboxylic acids is 1. The number of carbonyl (C=O) groups is 2. The zero-order valence-corrected chi connectivity index (χ0v) is 12.5. The van der Waals surface area contributed by atoms with Gasteiger partial charge >= 0.3 is 5.97 Å². The van der Waals surface area contributed by atoms with Crippen molar-refractivity contribution in [3.63, 3.8) is 0 Å². The third kappa shape index (κ3) is 3.08. The first-order valence-corrected chi connectivity index (χ1v) is 7.03. The minimum atomic E-state index is -1.08. The Bertz CT molecular complexity index is 562. The van der Waals surface area contributed by atoms with Gasteiger partial charge in [-0.1, -0.05) is 39.0 Å². The molecule has 114 valence electrons. The van der Waals surface area contributed by atoms with Crippen LogP contribution in [-0.2, 0) is 10.2 Å². The van der Waals surface area contributed by atoms with Crippen molar-refractivity contribution in [3.8, 4) is 0 Å². The van der Waals surface area contributed by atoms with Crippen LogP contribution in [-0.4, -0.2) is 45.7 Å². The van der Waals surface area contributed by atoms with Gasteiger partial charge in [-0.25, -0.2) is 4.79 Å². The van der Waals surface area contributed by atoms with Gasteiger partial charge in [-0.2, -0.15) is 0 Å². The van der Waals surface area contributed by atoms with E-state index in [1.165, 1.54) is 4.90 Å². The highest BCUT2D eigenvalue weighted by Crippen LogP contribution is 2.29. The predicted octanol–water partition coefficient (Wildman–Crippen LogP) is 1.64. The highest BCUT2D eigenvalue weighted by Gasteiger charge is 2.40. The van der Waals surface area contributed by atoms with Crippen molar-refractivity contribution in [1.29, 1.82) is 0 Å². The first kappa shape index (κ1) is 15.5. The smallest absolute Gasteiger partial charge is 0.326 e. The van der Waals surface area contributed by atoms with Gasteiger partial charge in [0.05, 0.1) is 6.10 Å². The third-order valence-corrected chi connectivity index (χ3v) is 3.79. The van der Waals surface area contributed by atoms with E-state index in [0.29, 0.717) is 5.56 Å². The highest BCUT2D eigenvalue weighted by molar-refractivity contribution is 5.98. The lowest BCUT2D eigenvalue weighted by Crippen LogP contribution is -2.41. The predicted molar refractivity (Wildman–Crippen MR) is 78.2 cm³/mol. The van der Waals surface area contributed by atoms with Crippen molar-refractivity contribution in [3.05, 3.63) is 35.4 Å². The lowest BCUT2D eigenvalue weighted by Gasteiger charge is -2.26. The van der Waals surface area contributed by atoms with Gasteiger partial charge in [0.1, 0.15) is 6.04 Å². The van der Waals surface area contributed by atoms with E-state index in [9.17, 15) is 19.8 Å². The molecule has 1 saturated heterocycles. The van der Waals surface area contributed by atoms with Crippen molar-refractivity contribution in [1.82, 2.24) is 4.90 Å². The summed E-state index contributed by atoms with van der Waals surface area (Å²) in [6.45, 7) is 6.08. The number of amides is 1. The molecule has 0 aliphatic carbocycles. The van der Waals surface area contributed by atoms with Gasteiger partial charge < -0.3 is 15.1 Å². The molecule has 0 saturated carbocycles. The van der Waals surface area contributed by atoms with E-state index in [0.717, 1.165) is 5.56 Å². The average molecular weight is 291 g/mol. The largest absolute Gasteiger partial charge is 0.480 e. The first-order valence-electron chi connectivity index (χ1n) is 7.03. The molecule has 0 radical (unpaired) electrons. The second-order valence-electron chi connectivity index (χ2n) is 6.50. The Morgan fingerprint density at radius 1 is 1.24 bits per heavy atom. The Hall–Kier alpha value is -1.88. The maximum atomic E-state index is 12.7. The van der Waals surface area contributed by atoms with Gasteiger partial charge in [0.25, 0.3) is 5.91 Å². The monoisotopic (exact) mass is 291 g/mol. The summed E-state index contributed by atoms with van der Waals surface area (Å²) in [6, 6.07) is 6.28. The molecule has 1 aromatic carbocycles. The summed E-state index contributed by atoms with van der Waals surface area (Å²) in [4.78, 5) is 25.3. The lowest BCUT2D eigenvalue weighted by atomic mass is 9.83. The van der Waals surface area contributed by atoms with E-state index < -0.39 is 18.1 Å². The third-order valence-electron chi connectivity index (χ3n) is 3.79. The summed E-state index contributed by atoms with van der Waals surface area (Å²) in [5, 5.41) is 18.9. The zero-order chi connectivity index (χ0) is 15.8. The fourth-order valence-electron chi connectivity index (χ4n) is 2.75. The Labute approximate surface area is 124 Å². The topological polar surface area (TPSA) is 77.8 Å². The van der Waals surface area contributed by atoms with E-state index in [2.05, 4.69) is 0 Å². The van der Waals surface area contributed by atoms with E-state index in [-0.39, 0.29) is 24.3 Å². The van der Waals surface area contributed by atoms with Crippen molar-refractivity contribution < 1.29 is 19.8 Å². The highest BCUT2D eigenvalue weighted by atomic mass is 16.4. The van der Waals surface area contributed by atoms with Gasteiger partial charge in [-0.15, -0.1) is 0 Å². The normalized spacial score (nSPS) is 22.4. The molecule has 1 heterocycles. The van der Waals surface area contributed by atoms with E-state index in [1.54, 1.807) is 12.1 Å². The number of rotatable bonds is 2. The van der Waals surface area contributed by atoms with Gasteiger partial charge in [0.2, 0.25) is 0 Å².